The summed E-state index contributed by atoms with van der Waals surface area (Å²) in [5, 5.41) is 16.9. The van der Waals surface area contributed by atoms with E-state index in [2.05, 4.69) is 10.4 Å². The van der Waals surface area contributed by atoms with Crippen molar-refractivity contribution in [2.24, 2.45) is 0 Å². The highest BCUT2D eigenvalue weighted by molar-refractivity contribution is 6.32. The van der Waals surface area contributed by atoms with Crippen molar-refractivity contribution in [3.63, 3.8) is 0 Å². The zero-order valence-corrected chi connectivity index (χ0v) is 14.9. The van der Waals surface area contributed by atoms with Crippen LogP contribution in [0.4, 0.5) is 28.9 Å². The van der Waals surface area contributed by atoms with Crippen LogP contribution in [0.1, 0.15) is 15.9 Å². The number of carbonyl (C=O) groups excluding carboxylic acids is 1. The summed E-state index contributed by atoms with van der Waals surface area (Å²) in [6.07, 6.45) is 2.32. The monoisotopic (exact) mass is 428 g/mol. The minimum Gasteiger partial charge on any atom is -0.319 e. The fraction of sp³-hybridized carbons (Fsp3) is 0.0588. The lowest BCUT2D eigenvalue weighted by Crippen LogP contribution is -2.12. The maximum absolute atomic E-state index is 13.8. The van der Waals surface area contributed by atoms with Gasteiger partial charge in [-0.3, -0.25) is 19.6 Å². The van der Waals surface area contributed by atoms with Crippen LogP contribution in [-0.4, -0.2) is 20.6 Å². The first kappa shape index (κ1) is 20.3. The van der Waals surface area contributed by atoms with Crippen LogP contribution in [0.25, 0.3) is 0 Å². The van der Waals surface area contributed by atoms with Gasteiger partial charge in [0.05, 0.1) is 23.4 Å². The molecule has 0 saturated heterocycles. The number of nitro groups is 1. The van der Waals surface area contributed by atoms with Crippen molar-refractivity contribution >= 4 is 28.9 Å². The molecule has 1 heterocycles. The molecule has 29 heavy (non-hydrogen) atoms. The maximum Gasteiger partial charge on any atom is 0.288 e. The molecule has 0 saturated carbocycles. The number of nitro benzene ring substituents is 1. The van der Waals surface area contributed by atoms with E-state index in [4.69, 9.17) is 11.6 Å². The maximum atomic E-state index is 13.8. The quantitative estimate of drug-likeness (QED) is 0.216. The summed E-state index contributed by atoms with van der Waals surface area (Å²) in [5.41, 5.74) is -1.18. The van der Waals surface area contributed by atoms with Crippen molar-refractivity contribution < 1.29 is 27.3 Å². The van der Waals surface area contributed by atoms with E-state index in [1.165, 1.54) is 18.3 Å². The lowest BCUT2D eigenvalue weighted by Gasteiger charge is -2.07. The Labute approximate surface area is 164 Å². The number of amides is 1. The zero-order valence-electron chi connectivity index (χ0n) is 14.1. The van der Waals surface area contributed by atoms with Gasteiger partial charge in [0.15, 0.2) is 17.5 Å². The SMILES string of the molecule is O=C(Nc1cnn(Cc2c(F)cc(F)c(F)c2F)c1)c1ccc(Cl)c([N+](=O)[O-])c1. The van der Waals surface area contributed by atoms with Crippen LogP contribution in [0.5, 0.6) is 0 Å². The Morgan fingerprint density at radius 3 is 2.59 bits per heavy atom. The van der Waals surface area contributed by atoms with E-state index < -0.39 is 51.9 Å². The molecule has 0 bridgehead atoms. The molecule has 7 nitrogen and oxygen atoms in total. The van der Waals surface area contributed by atoms with Crippen LogP contribution in [-0.2, 0) is 6.54 Å². The second-order valence-corrected chi connectivity index (χ2v) is 6.16. The summed E-state index contributed by atoms with van der Waals surface area (Å²) in [4.78, 5) is 22.4. The van der Waals surface area contributed by atoms with Crippen LogP contribution in [0.15, 0.2) is 36.7 Å². The second kappa shape index (κ2) is 7.87. The normalized spacial score (nSPS) is 10.8. The summed E-state index contributed by atoms with van der Waals surface area (Å²) < 4.78 is 54.8. The summed E-state index contributed by atoms with van der Waals surface area (Å²) >= 11 is 5.68. The smallest absolute Gasteiger partial charge is 0.288 e. The predicted molar refractivity (Wildman–Crippen MR) is 93.7 cm³/mol. The number of benzene rings is 2. The Balaban J connectivity index is 1.78. The third-order valence-electron chi connectivity index (χ3n) is 3.83. The van der Waals surface area contributed by atoms with Crippen molar-refractivity contribution in [1.82, 2.24) is 9.78 Å². The number of nitrogens with one attached hydrogen (secondary N) is 1. The minimum atomic E-state index is -1.81. The number of carbonyl (C=O) groups is 1. The summed E-state index contributed by atoms with van der Waals surface area (Å²) in [5.74, 6) is -7.18. The highest BCUT2D eigenvalue weighted by atomic mass is 35.5. The topological polar surface area (TPSA) is 90.1 Å². The molecule has 0 radical (unpaired) electrons. The molecule has 12 heteroatoms. The van der Waals surface area contributed by atoms with Crippen LogP contribution in [0.2, 0.25) is 5.02 Å². The first-order valence-corrected chi connectivity index (χ1v) is 8.14. The van der Waals surface area contributed by atoms with Gasteiger partial charge < -0.3 is 5.32 Å². The number of nitrogens with zero attached hydrogens (tertiary/aromatic N) is 3. The van der Waals surface area contributed by atoms with E-state index in [1.807, 2.05) is 0 Å². The molecule has 1 N–H and O–H groups in total. The van der Waals surface area contributed by atoms with Crippen molar-refractivity contribution in [3.05, 3.63) is 86.2 Å². The molecule has 1 amide bonds. The third-order valence-corrected chi connectivity index (χ3v) is 4.14. The molecule has 1 aromatic heterocycles. The van der Waals surface area contributed by atoms with Crippen LogP contribution in [0, 0.1) is 33.4 Å². The zero-order chi connectivity index (χ0) is 21.3. The first-order chi connectivity index (χ1) is 13.7. The van der Waals surface area contributed by atoms with Crippen molar-refractivity contribution in [2.75, 3.05) is 5.32 Å². The van der Waals surface area contributed by atoms with Gasteiger partial charge >= 0.3 is 0 Å². The molecule has 0 unspecified atom stereocenters. The highest BCUT2D eigenvalue weighted by Crippen LogP contribution is 2.25. The number of halogens is 5. The average Bonchev–Trinajstić information content (AvgIpc) is 3.10. The standard InChI is InChI=1S/C17H9ClF4N4O3/c18-11-2-1-8(3-14(11)26(28)29)17(27)24-9-5-23-25(6-9)7-10-12(19)4-13(20)16(22)15(10)21/h1-6H,7H2,(H,24,27). The van der Waals surface area contributed by atoms with Crippen LogP contribution < -0.4 is 5.32 Å². The summed E-state index contributed by atoms with van der Waals surface area (Å²) in [7, 11) is 0. The van der Waals surface area contributed by atoms with Gasteiger partial charge in [-0.05, 0) is 12.1 Å². The fourth-order valence-corrected chi connectivity index (χ4v) is 2.61. The highest BCUT2D eigenvalue weighted by Gasteiger charge is 2.20. The van der Waals surface area contributed by atoms with Crippen LogP contribution in [0.3, 0.4) is 0 Å². The fourth-order valence-electron chi connectivity index (χ4n) is 2.42. The Kier molecular flexibility index (Phi) is 5.50. The van der Waals surface area contributed by atoms with Crippen molar-refractivity contribution in [3.8, 4) is 0 Å². The molecule has 0 aliphatic carbocycles. The molecule has 0 aliphatic rings. The number of hydrogen-bond acceptors (Lipinski definition) is 4. The molecule has 150 valence electrons. The molecule has 0 spiro atoms. The Morgan fingerprint density at radius 2 is 1.90 bits per heavy atom. The second-order valence-electron chi connectivity index (χ2n) is 5.75. The first-order valence-electron chi connectivity index (χ1n) is 7.77. The van der Waals surface area contributed by atoms with Gasteiger partial charge in [0.1, 0.15) is 10.8 Å². The number of anilines is 1. The molecular formula is C17H9ClF4N4O3. The Hall–Kier alpha value is -3.47. The van der Waals surface area contributed by atoms with Crippen molar-refractivity contribution in [2.45, 2.75) is 6.54 Å². The van der Waals surface area contributed by atoms with Gasteiger partial charge in [-0.1, -0.05) is 11.6 Å². The Morgan fingerprint density at radius 1 is 1.17 bits per heavy atom. The predicted octanol–water partition coefficient (Wildman–Crippen LogP) is 4.30. The number of aromatic nitrogens is 2. The van der Waals surface area contributed by atoms with E-state index >= 15 is 0 Å². The van der Waals surface area contributed by atoms with Gasteiger partial charge in [0, 0.05) is 29.5 Å². The average molecular weight is 429 g/mol. The van der Waals surface area contributed by atoms with E-state index in [0.717, 1.165) is 16.9 Å². The number of rotatable bonds is 5. The minimum absolute atomic E-state index is 0.0634. The van der Waals surface area contributed by atoms with E-state index in [0.29, 0.717) is 0 Å². The van der Waals surface area contributed by atoms with Gasteiger partial charge in [-0.2, -0.15) is 5.10 Å². The van der Waals surface area contributed by atoms with Gasteiger partial charge in [-0.25, -0.2) is 17.6 Å². The van der Waals surface area contributed by atoms with Crippen LogP contribution >= 0.6 is 11.6 Å². The molecule has 0 fully saturated rings. The third kappa shape index (κ3) is 4.19. The molecule has 3 rings (SSSR count). The van der Waals surface area contributed by atoms with E-state index in [-0.39, 0.29) is 22.3 Å². The molecule has 3 aromatic rings. The summed E-state index contributed by atoms with van der Waals surface area (Å²) in [6.45, 7) is -0.572. The molecular weight excluding hydrogens is 420 g/mol. The molecule has 0 aliphatic heterocycles. The lowest BCUT2D eigenvalue weighted by molar-refractivity contribution is -0.384. The van der Waals surface area contributed by atoms with Gasteiger partial charge in [0.25, 0.3) is 11.6 Å². The van der Waals surface area contributed by atoms with E-state index in [1.54, 1.807) is 0 Å². The summed E-state index contributed by atoms with van der Waals surface area (Å²) in [6, 6.07) is 3.65. The van der Waals surface area contributed by atoms with E-state index in [9.17, 15) is 32.5 Å². The Bertz CT molecular complexity index is 1140. The largest absolute Gasteiger partial charge is 0.319 e. The number of hydrogen-bond donors (Lipinski definition) is 1. The van der Waals surface area contributed by atoms with Gasteiger partial charge in [0.2, 0.25) is 0 Å². The van der Waals surface area contributed by atoms with Gasteiger partial charge in [-0.15, -0.1) is 0 Å². The lowest BCUT2D eigenvalue weighted by atomic mass is 10.2. The molecule has 2 aromatic carbocycles. The van der Waals surface area contributed by atoms with Crippen molar-refractivity contribution in [1.29, 1.82) is 0 Å². The molecule has 0 atom stereocenters.